The Balaban J connectivity index is 4.04. The van der Waals surface area contributed by atoms with Crippen molar-refractivity contribution in [3.8, 4) is 0 Å². The third kappa shape index (κ3) is 20.5. The molecule has 39 heavy (non-hydrogen) atoms. The Kier molecular flexibility index (Phi) is 22.6. The van der Waals surface area contributed by atoms with Crippen LogP contribution in [0.25, 0.3) is 0 Å². The Morgan fingerprint density at radius 2 is 1.23 bits per heavy atom. The highest BCUT2D eigenvalue weighted by Gasteiger charge is 2.22. The molecule has 0 aromatic heterocycles. The van der Waals surface area contributed by atoms with Gasteiger partial charge in [-0.3, -0.25) is 9.59 Å². The van der Waals surface area contributed by atoms with Crippen LogP contribution in [0.5, 0.6) is 0 Å². The molecule has 0 aliphatic rings. The van der Waals surface area contributed by atoms with Crippen LogP contribution in [0.3, 0.4) is 0 Å². The molecule has 4 atom stereocenters. The summed E-state index contributed by atoms with van der Waals surface area (Å²) in [5, 5.41) is 34.3. The smallest absolute Gasteiger partial charge is 0.328 e. The molecular formula is C27H46N2O8S2. The zero-order chi connectivity index (χ0) is 29.5. The summed E-state index contributed by atoms with van der Waals surface area (Å²) in [7, 11) is 4.60. The lowest BCUT2D eigenvalue weighted by atomic mass is 10.1. The van der Waals surface area contributed by atoms with Crippen LogP contribution in [0.15, 0.2) is 24.3 Å². The van der Waals surface area contributed by atoms with Crippen molar-refractivity contribution in [1.29, 1.82) is 0 Å². The lowest BCUT2D eigenvalue weighted by Gasteiger charge is -2.16. The molecule has 0 aliphatic carbocycles. The van der Waals surface area contributed by atoms with E-state index in [1.807, 2.05) is 19.9 Å². The van der Waals surface area contributed by atoms with Crippen LogP contribution in [-0.4, -0.2) is 82.0 Å². The summed E-state index contributed by atoms with van der Waals surface area (Å²) >= 11 is 0. The zero-order valence-electron chi connectivity index (χ0n) is 23.3. The summed E-state index contributed by atoms with van der Waals surface area (Å²) < 4.78 is 4.72. The number of ether oxygens (including phenoxy) is 1. The fourth-order valence-corrected chi connectivity index (χ4v) is 5.33. The largest absolute Gasteiger partial charge is 0.480 e. The van der Waals surface area contributed by atoms with Crippen molar-refractivity contribution >= 4 is 45.3 Å². The number of rotatable bonds is 23. The molecule has 2 amide bonds. The van der Waals surface area contributed by atoms with E-state index in [2.05, 4.69) is 10.6 Å². The van der Waals surface area contributed by atoms with E-state index in [0.717, 1.165) is 37.2 Å². The first-order valence-electron chi connectivity index (χ1n) is 13.5. The van der Waals surface area contributed by atoms with Crippen LogP contribution in [0.2, 0.25) is 0 Å². The van der Waals surface area contributed by atoms with Crippen LogP contribution in [0.1, 0.15) is 78.1 Å². The molecule has 10 nitrogen and oxygen atoms in total. The minimum Gasteiger partial charge on any atom is -0.480 e. The summed E-state index contributed by atoms with van der Waals surface area (Å²) in [6, 6.07) is -1.63. The standard InChI is InChI=1S/C27H46N2O8S2/c1-4-6-14-22(26(34)35)28-24(32)18-20(30)12-8-10-16-38-39-17-11-9-13-21(31)19-25(33)29-23(15-7-5-2)27(36)37-3/h8-9,12-13,20-23,30-31H,4-7,10-11,14-19H2,1-3H3,(H,28,32)(H,29,33)(H,34,35)/t20?,21?,22-,23-/m1/s1. The summed E-state index contributed by atoms with van der Waals surface area (Å²) in [6.07, 6.45) is 10.0. The van der Waals surface area contributed by atoms with E-state index in [1.54, 1.807) is 39.8 Å². The molecule has 0 bridgehead atoms. The van der Waals surface area contributed by atoms with Crippen LogP contribution in [-0.2, 0) is 23.9 Å². The molecule has 0 saturated carbocycles. The van der Waals surface area contributed by atoms with Gasteiger partial charge in [0.05, 0.1) is 32.2 Å². The van der Waals surface area contributed by atoms with Gasteiger partial charge in [-0.15, -0.1) is 0 Å². The Morgan fingerprint density at radius 3 is 1.64 bits per heavy atom. The molecule has 2 unspecified atom stereocenters. The van der Waals surface area contributed by atoms with Gasteiger partial charge in [-0.25, -0.2) is 9.59 Å². The Labute approximate surface area is 240 Å². The van der Waals surface area contributed by atoms with E-state index < -0.39 is 48.0 Å². The number of nitrogens with one attached hydrogen (secondary N) is 2. The van der Waals surface area contributed by atoms with Gasteiger partial charge in [0.25, 0.3) is 0 Å². The van der Waals surface area contributed by atoms with Gasteiger partial charge < -0.3 is 30.7 Å². The third-order valence-corrected chi connectivity index (χ3v) is 7.94. The minimum absolute atomic E-state index is 0.128. The van der Waals surface area contributed by atoms with Gasteiger partial charge in [-0.1, -0.05) is 85.4 Å². The molecule has 0 aromatic carbocycles. The second-order valence-corrected chi connectivity index (χ2v) is 11.7. The SMILES string of the molecule is CCCC[C@@H](NC(=O)CC(O)C=CCCSSCCC=CC(O)CC(=O)N[C@H](CCCC)C(=O)OC)C(=O)O. The molecule has 5 N–H and O–H groups in total. The van der Waals surface area contributed by atoms with E-state index >= 15 is 0 Å². The lowest BCUT2D eigenvalue weighted by Crippen LogP contribution is -2.42. The number of aliphatic hydroxyl groups excluding tert-OH is 2. The number of carbonyl (C=O) groups excluding carboxylic acids is 3. The number of allylic oxidation sites excluding steroid dienone is 2. The first-order chi connectivity index (χ1) is 18.6. The second-order valence-electron chi connectivity index (χ2n) is 9.01. The van der Waals surface area contributed by atoms with E-state index in [9.17, 15) is 29.4 Å². The van der Waals surface area contributed by atoms with Gasteiger partial charge in [0, 0.05) is 11.5 Å². The van der Waals surface area contributed by atoms with E-state index in [-0.39, 0.29) is 12.8 Å². The fourth-order valence-electron chi connectivity index (χ4n) is 3.34. The van der Waals surface area contributed by atoms with E-state index in [4.69, 9.17) is 9.84 Å². The number of carbonyl (C=O) groups is 4. The highest BCUT2D eigenvalue weighted by Crippen LogP contribution is 2.23. The normalized spacial score (nSPS) is 14.6. The van der Waals surface area contributed by atoms with Crippen molar-refractivity contribution in [2.45, 2.75) is 102 Å². The number of amides is 2. The van der Waals surface area contributed by atoms with Crippen molar-refractivity contribution in [2.24, 2.45) is 0 Å². The van der Waals surface area contributed by atoms with Gasteiger partial charge in [-0.2, -0.15) is 0 Å². The summed E-state index contributed by atoms with van der Waals surface area (Å²) in [5.41, 5.74) is 0. The Bertz CT molecular complexity index is 779. The number of carboxylic acids is 1. The van der Waals surface area contributed by atoms with Gasteiger partial charge in [-0.05, 0) is 25.7 Å². The maximum atomic E-state index is 12.1. The molecule has 0 fully saturated rings. The van der Waals surface area contributed by atoms with E-state index in [0.29, 0.717) is 25.7 Å². The number of hydrogen-bond donors (Lipinski definition) is 5. The number of methoxy groups -OCH3 is 1. The van der Waals surface area contributed by atoms with Gasteiger partial charge in [0.1, 0.15) is 12.1 Å². The number of carboxylic acid groups (broad SMARTS) is 1. The summed E-state index contributed by atoms with van der Waals surface area (Å²) in [4.78, 5) is 47.1. The molecule has 12 heteroatoms. The maximum Gasteiger partial charge on any atom is 0.328 e. The average molecular weight is 591 g/mol. The van der Waals surface area contributed by atoms with Crippen molar-refractivity contribution in [3.05, 3.63) is 24.3 Å². The molecule has 0 aromatic rings. The number of esters is 1. The molecule has 0 heterocycles. The van der Waals surface area contributed by atoms with Gasteiger partial charge >= 0.3 is 11.9 Å². The highest BCUT2D eigenvalue weighted by atomic mass is 33.1. The van der Waals surface area contributed by atoms with Gasteiger partial charge in [0.2, 0.25) is 11.8 Å². The molecule has 0 rings (SSSR count). The van der Waals surface area contributed by atoms with Crippen LogP contribution in [0, 0.1) is 0 Å². The number of hydrogen-bond acceptors (Lipinski definition) is 9. The second kappa shape index (κ2) is 23.8. The van der Waals surface area contributed by atoms with Crippen LogP contribution < -0.4 is 10.6 Å². The minimum atomic E-state index is -1.07. The zero-order valence-corrected chi connectivity index (χ0v) is 24.9. The summed E-state index contributed by atoms with van der Waals surface area (Å²) in [6.45, 7) is 3.94. The highest BCUT2D eigenvalue weighted by molar-refractivity contribution is 8.76. The Morgan fingerprint density at radius 1 is 0.795 bits per heavy atom. The monoisotopic (exact) mass is 590 g/mol. The molecule has 0 spiro atoms. The van der Waals surface area contributed by atoms with Gasteiger partial charge in [0.15, 0.2) is 0 Å². The van der Waals surface area contributed by atoms with E-state index in [1.165, 1.54) is 7.11 Å². The van der Waals surface area contributed by atoms with Crippen molar-refractivity contribution < 1.29 is 39.2 Å². The van der Waals surface area contributed by atoms with Crippen molar-refractivity contribution in [2.75, 3.05) is 18.6 Å². The van der Waals surface area contributed by atoms with Crippen molar-refractivity contribution in [1.82, 2.24) is 10.6 Å². The van der Waals surface area contributed by atoms with Crippen LogP contribution >= 0.6 is 21.6 Å². The molecule has 224 valence electrons. The number of aliphatic carboxylic acids is 1. The first-order valence-corrected chi connectivity index (χ1v) is 16.0. The third-order valence-electron chi connectivity index (χ3n) is 5.47. The van der Waals surface area contributed by atoms with Crippen molar-refractivity contribution in [3.63, 3.8) is 0 Å². The predicted octanol–water partition coefficient (Wildman–Crippen LogP) is 3.37. The molecule has 0 aliphatic heterocycles. The fraction of sp³-hybridized carbons (Fsp3) is 0.704. The maximum absolute atomic E-state index is 12.1. The first kappa shape index (κ1) is 37.0. The molecule has 0 radical (unpaired) electrons. The number of unbranched alkanes of at least 4 members (excludes halogenated alkanes) is 2. The molecule has 0 saturated heterocycles. The topological polar surface area (TPSA) is 162 Å². The number of aliphatic hydroxyl groups is 2. The van der Waals surface area contributed by atoms with Crippen LogP contribution in [0.4, 0.5) is 0 Å². The Hall–Kier alpha value is -2.02. The molecular weight excluding hydrogens is 544 g/mol. The quantitative estimate of drug-likeness (QED) is 0.0516. The predicted molar refractivity (Wildman–Crippen MR) is 156 cm³/mol. The summed E-state index contributed by atoms with van der Waals surface area (Å²) in [5.74, 6) is -0.825. The average Bonchev–Trinajstić information content (AvgIpc) is 2.89. The lowest BCUT2D eigenvalue weighted by molar-refractivity contribution is -0.145.